The Labute approximate surface area is 139 Å². The summed E-state index contributed by atoms with van der Waals surface area (Å²) in [5.41, 5.74) is 2.33. The highest BCUT2D eigenvalue weighted by Crippen LogP contribution is 2.28. The van der Waals surface area contributed by atoms with Gasteiger partial charge in [-0.15, -0.1) is 0 Å². The lowest BCUT2D eigenvalue weighted by atomic mass is 10.2. The van der Waals surface area contributed by atoms with Gasteiger partial charge in [0.1, 0.15) is 4.88 Å². The molecule has 8 heteroatoms. The standard InChI is InChI=1S/C15H17N3O3S2/c1-9-5-6-12(10(2)8-9)23(20,21)18-15-17-11-4-3-7-16-14(19)13(11)22-15/h5-6,8H,3-4,7H2,1-2H3,(H,16,19)(H,17,18). The van der Waals surface area contributed by atoms with E-state index in [1.54, 1.807) is 19.1 Å². The summed E-state index contributed by atoms with van der Waals surface area (Å²) in [6.45, 7) is 4.28. The van der Waals surface area contributed by atoms with Gasteiger partial charge in [-0.3, -0.25) is 9.52 Å². The predicted octanol–water partition coefficient (Wildman–Crippen LogP) is 2.24. The molecule has 0 atom stereocenters. The molecule has 122 valence electrons. The van der Waals surface area contributed by atoms with Crippen LogP contribution in [0.25, 0.3) is 0 Å². The molecule has 0 spiro atoms. The molecule has 23 heavy (non-hydrogen) atoms. The van der Waals surface area contributed by atoms with Crippen molar-refractivity contribution < 1.29 is 13.2 Å². The van der Waals surface area contributed by atoms with E-state index < -0.39 is 10.0 Å². The van der Waals surface area contributed by atoms with Crippen LogP contribution >= 0.6 is 11.3 Å². The number of hydrogen-bond donors (Lipinski definition) is 2. The topological polar surface area (TPSA) is 88.2 Å². The average molecular weight is 351 g/mol. The zero-order valence-electron chi connectivity index (χ0n) is 12.8. The molecule has 1 aliphatic heterocycles. The number of sulfonamides is 1. The first kappa shape index (κ1) is 15.9. The van der Waals surface area contributed by atoms with E-state index in [1.165, 1.54) is 0 Å². The van der Waals surface area contributed by atoms with Crippen LogP contribution in [0.1, 0.15) is 32.9 Å². The Bertz CT molecular complexity index is 872. The molecule has 3 rings (SSSR count). The van der Waals surface area contributed by atoms with Crippen molar-refractivity contribution in [3.8, 4) is 0 Å². The second-order valence-corrected chi connectivity index (χ2v) is 8.18. The Morgan fingerprint density at radius 3 is 2.83 bits per heavy atom. The summed E-state index contributed by atoms with van der Waals surface area (Å²) in [6, 6.07) is 5.16. The molecular formula is C15H17N3O3S2. The van der Waals surface area contributed by atoms with Gasteiger partial charge in [0, 0.05) is 6.54 Å². The number of anilines is 1. The van der Waals surface area contributed by atoms with E-state index in [1.807, 2.05) is 13.0 Å². The lowest BCUT2D eigenvalue weighted by molar-refractivity contribution is 0.0960. The predicted molar refractivity (Wildman–Crippen MR) is 89.5 cm³/mol. The number of hydrogen-bond acceptors (Lipinski definition) is 5. The molecular weight excluding hydrogens is 334 g/mol. The summed E-state index contributed by atoms with van der Waals surface area (Å²) in [4.78, 5) is 16.9. The van der Waals surface area contributed by atoms with E-state index >= 15 is 0 Å². The lowest BCUT2D eigenvalue weighted by Gasteiger charge is -2.08. The normalized spacial score (nSPS) is 14.8. The molecule has 1 amide bonds. The van der Waals surface area contributed by atoms with E-state index in [0.29, 0.717) is 29.1 Å². The van der Waals surface area contributed by atoms with Gasteiger partial charge in [-0.1, -0.05) is 29.0 Å². The van der Waals surface area contributed by atoms with Crippen LogP contribution in [0.5, 0.6) is 0 Å². The van der Waals surface area contributed by atoms with Gasteiger partial charge in [0.25, 0.3) is 15.9 Å². The van der Waals surface area contributed by atoms with Gasteiger partial charge >= 0.3 is 0 Å². The Morgan fingerprint density at radius 1 is 1.30 bits per heavy atom. The maximum absolute atomic E-state index is 12.6. The summed E-state index contributed by atoms with van der Waals surface area (Å²) >= 11 is 1.07. The fraction of sp³-hybridized carbons (Fsp3) is 0.333. The van der Waals surface area contributed by atoms with Crippen molar-refractivity contribution in [2.45, 2.75) is 31.6 Å². The van der Waals surface area contributed by atoms with Crippen molar-refractivity contribution in [3.05, 3.63) is 39.9 Å². The third-order valence-corrected chi connectivity index (χ3v) is 6.26. The number of aryl methyl sites for hydroxylation is 3. The molecule has 6 nitrogen and oxygen atoms in total. The van der Waals surface area contributed by atoms with E-state index in [0.717, 1.165) is 23.3 Å². The fourth-order valence-electron chi connectivity index (χ4n) is 2.55. The maximum Gasteiger partial charge on any atom is 0.263 e. The van der Waals surface area contributed by atoms with Crippen LogP contribution in [0.15, 0.2) is 23.1 Å². The van der Waals surface area contributed by atoms with Crippen LogP contribution in [0, 0.1) is 13.8 Å². The van der Waals surface area contributed by atoms with Gasteiger partial charge in [-0.25, -0.2) is 13.4 Å². The first-order valence-corrected chi connectivity index (χ1v) is 9.55. The summed E-state index contributed by atoms with van der Waals surface area (Å²) in [6.07, 6.45) is 1.46. The van der Waals surface area contributed by atoms with Crippen LogP contribution in [0.3, 0.4) is 0 Å². The third-order valence-electron chi connectivity index (χ3n) is 3.62. The van der Waals surface area contributed by atoms with Crippen molar-refractivity contribution in [1.82, 2.24) is 10.3 Å². The molecule has 0 unspecified atom stereocenters. The molecule has 0 aliphatic carbocycles. The third kappa shape index (κ3) is 3.23. The lowest BCUT2D eigenvalue weighted by Crippen LogP contribution is -2.21. The summed E-state index contributed by atoms with van der Waals surface area (Å²) in [5.74, 6) is -0.188. The fourth-order valence-corrected chi connectivity index (χ4v) is 4.94. The minimum Gasteiger partial charge on any atom is -0.351 e. The largest absolute Gasteiger partial charge is 0.351 e. The Morgan fingerprint density at radius 2 is 2.09 bits per heavy atom. The minimum atomic E-state index is -3.72. The molecule has 0 saturated heterocycles. The van der Waals surface area contributed by atoms with Gasteiger partial charge in [0.05, 0.1) is 10.6 Å². The van der Waals surface area contributed by atoms with Gasteiger partial charge in [0.2, 0.25) is 0 Å². The maximum atomic E-state index is 12.6. The first-order valence-electron chi connectivity index (χ1n) is 7.25. The SMILES string of the molecule is Cc1ccc(S(=O)(=O)Nc2nc3c(s2)C(=O)NCCC3)c(C)c1. The monoisotopic (exact) mass is 351 g/mol. The molecule has 1 aromatic carbocycles. The van der Waals surface area contributed by atoms with Gasteiger partial charge < -0.3 is 5.32 Å². The van der Waals surface area contributed by atoms with Crippen molar-refractivity contribution >= 4 is 32.4 Å². The van der Waals surface area contributed by atoms with Gasteiger partial charge in [0.15, 0.2) is 5.13 Å². The molecule has 0 saturated carbocycles. The van der Waals surface area contributed by atoms with Crippen molar-refractivity contribution in [2.24, 2.45) is 0 Å². The highest BCUT2D eigenvalue weighted by molar-refractivity contribution is 7.93. The summed E-state index contributed by atoms with van der Waals surface area (Å²) in [5, 5.41) is 3.01. The zero-order valence-corrected chi connectivity index (χ0v) is 14.5. The molecule has 0 fully saturated rings. The minimum absolute atomic E-state index is 0.188. The number of fused-ring (bicyclic) bond motifs is 1. The number of rotatable bonds is 3. The van der Waals surface area contributed by atoms with Crippen LogP contribution in [0.4, 0.5) is 5.13 Å². The highest BCUT2D eigenvalue weighted by Gasteiger charge is 2.24. The second kappa shape index (κ2) is 5.93. The number of amides is 1. The number of nitrogens with zero attached hydrogens (tertiary/aromatic N) is 1. The zero-order chi connectivity index (χ0) is 16.6. The number of carbonyl (C=O) groups is 1. The summed E-state index contributed by atoms with van der Waals surface area (Å²) < 4.78 is 27.6. The highest BCUT2D eigenvalue weighted by atomic mass is 32.2. The number of benzene rings is 1. The second-order valence-electron chi connectivity index (χ2n) is 5.53. The van der Waals surface area contributed by atoms with Crippen LogP contribution in [0.2, 0.25) is 0 Å². The number of carbonyl (C=O) groups excluding carboxylic acids is 1. The Balaban J connectivity index is 1.92. The van der Waals surface area contributed by atoms with E-state index in [2.05, 4.69) is 15.0 Å². The number of thiazole rings is 1. The molecule has 1 aliphatic rings. The van der Waals surface area contributed by atoms with E-state index in [-0.39, 0.29) is 15.9 Å². The Kier molecular flexibility index (Phi) is 4.11. The van der Waals surface area contributed by atoms with E-state index in [9.17, 15) is 13.2 Å². The summed E-state index contributed by atoms with van der Waals surface area (Å²) in [7, 11) is -3.72. The van der Waals surface area contributed by atoms with Crippen molar-refractivity contribution in [2.75, 3.05) is 11.3 Å². The van der Waals surface area contributed by atoms with Crippen molar-refractivity contribution in [1.29, 1.82) is 0 Å². The van der Waals surface area contributed by atoms with Crippen LogP contribution < -0.4 is 10.0 Å². The number of nitrogens with one attached hydrogen (secondary N) is 2. The van der Waals surface area contributed by atoms with Crippen molar-refractivity contribution in [3.63, 3.8) is 0 Å². The molecule has 0 radical (unpaired) electrons. The van der Waals surface area contributed by atoms with Gasteiger partial charge in [-0.05, 0) is 38.3 Å². The van der Waals surface area contributed by atoms with Crippen LogP contribution in [-0.2, 0) is 16.4 Å². The van der Waals surface area contributed by atoms with E-state index in [4.69, 9.17) is 0 Å². The average Bonchev–Trinajstić information content (AvgIpc) is 2.77. The first-order chi connectivity index (χ1) is 10.9. The van der Waals surface area contributed by atoms with Crippen LogP contribution in [-0.4, -0.2) is 25.9 Å². The quantitative estimate of drug-likeness (QED) is 0.888. The smallest absolute Gasteiger partial charge is 0.263 e. The molecule has 2 aromatic rings. The molecule has 2 N–H and O–H groups in total. The van der Waals surface area contributed by atoms with Gasteiger partial charge in [-0.2, -0.15) is 0 Å². The number of aromatic nitrogens is 1. The molecule has 1 aromatic heterocycles. The molecule has 2 heterocycles. The molecule has 0 bridgehead atoms. The Hall–Kier alpha value is -1.93.